The molecule has 0 unspecified atom stereocenters. The predicted octanol–water partition coefficient (Wildman–Crippen LogP) is 4.47. The Kier molecular flexibility index (Phi) is 5.62. The maximum absolute atomic E-state index is 12.0. The molecule has 2 aromatic carbocycles. The van der Waals surface area contributed by atoms with Crippen molar-refractivity contribution in [1.82, 2.24) is 5.32 Å². The summed E-state index contributed by atoms with van der Waals surface area (Å²) < 4.78 is 0.844. The van der Waals surface area contributed by atoms with Crippen LogP contribution in [0.15, 0.2) is 53.0 Å². The Labute approximate surface area is 132 Å². The molecule has 4 heteroatoms. The lowest BCUT2D eigenvalue weighted by molar-refractivity contribution is 0.0953. The monoisotopic (exact) mass is 351 g/mol. The molecular weight excluding hydrogens is 338 g/mol. The zero-order valence-electron chi connectivity index (χ0n) is 10.9. The molecule has 0 fully saturated rings. The first-order valence-electron chi connectivity index (χ1n) is 6.44. The Morgan fingerprint density at radius 3 is 2.65 bits per heavy atom. The first-order valence-corrected chi connectivity index (χ1v) is 7.61. The molecule has 0 heterocycles. The summed E-state index contributed by atoms with van der Waals surface area (Å²) in [4.78, 5) is 12.0. The average molecular weight is 353 g/mol. The fourth-order valence-electron chi connectivity index (χ4n) is 1.91. The van der Waals surface area contributed by atoms with Gasteiger partial charge in [-0.05, 0) is 36.6 Å². The van der Waals surface area contributed by atoms with E-state index < -0.39 is 0 Å². The smallest absolute Gasteiger partial charge is 0.252 e. The molecule has 2 nitrogen and oxygen atoms in total. The Morgan fingerprint density at radius 1 is 1.15 bits per heavy atom. The fraction of sp³-hybridized carbons (Fsp3) is 0.188. The third-order valence-corrected chi connectivity index (χ3v) is 3.77. The van der Waals surface area contributed by atoms with E-state index >= 15 is 0 Å². The molecule has 1 amide bonds. The van der Waals surface area contributed by atoms with Crippen LogP contribution in [0, 0.1) is 0 Å². The van der Waals surface area contributed by atoms with Gasteiger partial charge in [-0.2, -0.15) is 0 Å². The van der Waals surface area contributed by atoms with Crippen LogP contribution in [-0.2, 0) is 6.42 Å². The molecule has 0 radical (unpaired) electrons. The van der Waals surface area contributed by atoms with Crippen LogP contribution in [0.4, 0.5) is 0 Å². The molecule has 20 heavy (non-hydrogen) atoms. The molecule has 0 saturated heterocycles. The highest BCUT2D eigenvalue weighted by atomic mass is 79.9. The normalized spacial score (nSPS) is 10.3. The molecule has 0 spiro atoms. The molecule has 0 aliphatic heterocycles. The minimum absolute atomic E-state index is 0.135. The lowest BCUT2D eigenvalue weighted by atomic mass is 10.1. The minimum Gasteiger partial charge on any atom is -0.352 e. The van der Waals surface area contributed by atoms with Crippen LogP contribution < -0.4 is 5.32 Å². The minimum atomic E-state index is -0.135. The molecule has 0 saturated carbocycles. The summed E-state index contributed by atoms with van der Waals surface area (Å²) in [6.07, 6.45) is 1.86. The van der Waals surface area contributed by atoms with E-state index in [2.05, 4.69) is 33.4 Å². The van der Waals surface area contributed by atoms with Crippen molar-refractivity contribution in [3.8, 4) is 0 Å². The maximum atomic E-state index is 12.0. The van der Waals surface area contributed by atoms with Crippen molar-refractivity contribution < 1.29 is 4.79 Å². The van der Waals surface area contributed by atoms with E-state index in [0.29, 0.717) is 17.1 Å². The second-order valence-electron chi connectivity index (χ2n) is 4.47. The summed E-state index contributed by atoms with van der Waals surface area (Å²) in [6.45, 7) is 0.635. The summed E-state index contributed by atoms with van der Waals surface area (Å²) in [5.41, 5.74) is 1.78. The first-order chi connectivity index (χ1) is 9.66. The highest BCUT2D eigenvalue weighted by molar-refractivity contribution is 9.10. The van der Waals surface area contributed by atoms with Gasteiger partial charge in [0, 0.05) is 11.0 Å². The van der Waals surface area contributed by atoms with Crippen LogP contribution in [0.2, 0.25) is 5.02 Å². The number of aryl methyl sites for hydroxylation is 1. The van der Waals surface area contributed by atoms with Crippen LogP contribution in [0.3, 0.4) is 0 Å². The number of amides is 1. The van der Waals surface area contributed by atoms with E-state index in [0.717, 1.165) is 17.3 Å². The third kappa shape index (κ3) is 4.36. The number of halogens is 2. The van der Waals surface area contributed by atoms with Crippen LogP contribution in [0.25, 0.3) is 0 Å². The molecule has 0 bridgehead atoms. The van der Waals surface area contributed by atoms with Crippen LogP contribution in [0.5, 0.6) is 0 Å². The van der Waals surface area contributed by atoms with E-state index in [1.807, 2.05) is 24.3 Å². The average Bonchev–Trinajstić information content (AvgIpc) is 2.47. The van der Waals surface area contributed by atoms with Crippen molar-refractivity contribution >= 4 is 33.4 Å². The van der Waals surface area contributed by atoms with Crippen molar-refractivity contribution in [2.45, 2.75) is 12.8 Å². The van der Waals surface area contributed by atoms with Crippen LogP contribution in [-0.4, -0.2) is 12.5 Å². The number of carbonyl (C=O) groups is 1. The molecule has 0 aliphatic carbocycles. The zero-order valence-corrected chi connectivity index (χ0v) is 13.2. The predicted molar refractivity (Wildman–Crippen MR) is 86.2 cm³/mol. The van der Waals surface area contributed by atoms with Crippen LogP contribution in [0.1, 0.15) is 22.3 Å². The summed E-state index contributed by atoms with van der Waals surface area (Å²) in [5.74, 6) is -0.135. The number of carbonyl (C=O) groups excluding carboxylic acids is 1. The van der Waals surface area contributed by atoms with Gasteiger partial charge in [-0.3, -0.25) is 4.79 Å². The maximum Gasteiger partial charge on any atom is 0.252 e. The van der Waals surface area contributed by atoms with E-state index in [9.17, 15) is 4.79 Å². The van der Waals surface area contributed by atoms with Gasteiger partial charge < -0.3 is 5.32 Å². The van der Waals surface area contributed by atoms with Gasteiger partial charge >= 0.3 is 0 Å². The van der Waals surface area contributed by atoms with Gasteiger partial charge in [0.1, 0.15) is 0 Å². The van der Waals surface area contributed by atoms with Crippen LogP contribution >= 0.6 is 27.5 Å². The second-order valence-corrected chi connectivity index (χ2v) is 5.79. The van der Waals surface area contributed by atoms with Gasteiger partial charge in [0.15, 0.2) is 0 Å². The molecule has 2 aromatic rings. The van der Waals surface area contributed by atoms with Crippen molar-refractivity contribution in [1.29, 1.82) is 0 Å². The molecule has 104 valence electrons. The molecule has 0 atom stereocenters. The van der Waals surface area contributed by atoms with Crippen molar-refractivity contribution in [3.05, 3.63) is 69.2 Å². The Morgan fingerprint density at radius 2 is 1.90 bits per heavy atom. The highest BCUT2D eigenvalue weighted by Gasteiger charge is 2.09. The molecular formula is C16H15BrClNO. The van der Waals surface area contributed by atoms with E-state index in [4.69, 9.17) is 11.6 Å². The van der Waals surface area contributed by atoms with Crippen molar-refractivity contribution in [2.75, 3.05) is 6.54 Å². The summed E-state index contributed by atoms with van der Waals surface area (Å²) >= 11 is 9.36. The second kappa shape index (κ2) is 7.46. The Hall–Kier alpha value is -1.32. The molecule has 0 aromatic heterocycles. The molecule has 1 N–H and O–H groups in total. The zero-order chi connectivity index (χ0) is 14.4. The highest BCUT2D eigenvalue weighted by Crippen LogP contribution is 2.20. The van der Waals surface area contributed by atoms with E-state index in [1.165, 1.54) is 5.56 Å². The summed E-state index contributed by atoms with van der Waals surface area (Å²) in [7, 11) is 0. The van der Waals surface area contributed by atoms with Gasteiger partial charge in [-0.15, -0.1) is 0 Å². The number of hydrogen-bond donors (Lipinski definition) is 1. The number of benzene rings is 2. The van der Waals surface area contributed by atoms with E-state index in [1.54, 1.807) is 12.1 Å². The first kappa shape index (κ1) is 15.1. The summed E-state index contributed by atoms with van der Waals surface area (Å²) in [5, 5.41) is 3.36. The standard InChI is InChI=1S/C16H15BrClNO/c17-13-8-9-15(18)14(11-13)16(20)19-10-4-7-12-5-2-1-3-6-12/h1-3,5-6,8-9,11H,4,7,10H2,(H,19,20). The lowest BCUT2D eigenvalue weighted by Crippen LogP contribution is -2.25. The number of nitrogens with one attached hydrogen (secondary N) is 1. The van der Waals surface area contributed by atoms with Gasteiger partial charge in [-0.1, -0.05) is 57.9 Å². The third-order valence-electron chi connectivity index (χ3n) is 2.94. The van der Waals surface area contributed by atoms with Gasteiger partial charge in [-0.25, -0.2) is 0 Å². The van der Waals surface area contributed by atoms with Crippen molar-refractivity contribution in [2.24, 2.45) is 0 Å². The topological polar surface area (TPSA) is 29.1 Å². The quantitative estimate of drug-likeness (QED) is 0.791. The van der Waals surface area contributed by atoms with Gasteiger partial charge in [0.05, 0.1) is 10.6 Å². The molecule has 0 aliphatic rings. The summed E-state index contributed by atoms with van der Waals surface area (Å²) in [6, 6.07) is 15.5. The lowest BCUT2D eigenvalue weighted by Gasteiger charge is -2.07. The number of hydrogen-bond acceptors (Lipinski definition) is 1. The SMILES string of the molecule is O=C(NCCCc1ccccc1)c1cc(Br)ccc1Cl. The van der Waals surface area contributed by atoms with Gasteiger partial charge in [0.2, 0.25) is 0 Å². The largest absolute Gasteiger partial charge is 0.352 e. The Balaban J connectivity index is 1.82. The fourth-order valence-corrected chi connectivity index (χ4v) is 2.47. The number of rotatable bonds is 5. The van der Waals surface area contributed by atoms with Crippen molar-refractivity contribution in [3.63, 3.8) is 0 Å². The van der Waals surface area contributed by atoms with E-state index in [-0.39, 0.29) is 5.91 Å². The molecule has 2 rings (SSSR count). The van der Waals surface area contributed by atoms with Gasteiger partial charge in [0.25, 0.3) is 5.91 Å². The Bertz CT molecular complexity index is 586.